The third-order valence-electron chi connectivity index (χ3n) is 12.7. The Kier molecular flexibility index (Phi) is 9.21. The maximum atomic E-state index is 2.71. The van der Waals surface area contributed by atoms with E-state index in [0.29, 0.717) is 0 Å². The van der Waals surface area contributed by atoms with Crippen LogP contribution in [0.2, 0.25) is 0 Å². The lowest BCUT2D eigenvalue weighted by molar-refractivity contribution is 0.123. The van der Waals surface area contributed by atoms with Crippen LogP contribution in [-0.4, -0.2) is 0 Å². The Morgan fingerprint density at radius 1 is 0.351 bits per heavy atom. The zero-order chi connectivity index (χ0) is 25.0. The molecule has 0 aliphatic heterocycles. The second kappa shape index (κ2) is 12.8. The highest BCUT2D eigenvalue weighted by molar-refractivity contribution is 5.48. The van der Waals surface area contributed by atoms with Gasteiger partial charge in [-0.05, 0) is 124 Å². The quantitative estimate of drug-likeness (QED) is 0.349. The minimum Gasteiger partial charge on any atom is -0.0599 e. The van der Waals surface area contributed by atoms with E-state index in [1.165, 1.54) is 135 Å². The summed E-state index contributed by atoms with van der Waals surface area (Å²) in [5, 5.41) is 0. The molecule has 0 saturated heterocycles. The van der Waals surface area contributed by atoms with Crippen molar-refractivity contribution in [3.63, 3.8) is 0 Å². The van der Waals surface area contributed by atoms with Gasteiger partial charge in [-0.1, -0.05) is 107 Å². The molecule has 2 atom stereocenters. The van der Waals surface area contributed by atoms with E-state index in [1.807, 2.05) is 11.1 Å². The van der Waals surface area contributed by atoms with Crippen LogP contribution in [0.3, 0.4) is 0 Å². The molecule has 0 spiro atoms. The summed E-state index contributed by atoms with van der Waals surface area (Å²) in [6, 6.07) is 0. The molecule has 0 heteroatoms. The molecule has 0 aromatic heterocycles. The van der Waals surface area contributed by atoms with Crippen molar-refractivity contribution in [1.82, 2.24) is 0 Å². The van der Waals surface area contributed by atoms with Crippen molar-refractivity contribution in [2.75, 3.05) is 0 Å². The van der Waals surface area contributed by atoms with Crippen molar-refractivity contribution >= 4 is 0 Å². The van der Waals surface area contributed by atoms with Gasteiger partial charge in [-0.3, -0.25) is 0 Å². The predicted molar refractivity (Wildman–Crippen MR) is 160 cm³/mol. The van der Waals surface area contributed by atoms with Crippen molar-refractivity contribution < 1.29 is 0 Å². The van der Waals surface area contributed by atoms with Crippen LogP contribution in [0.25, 0.3) is 0 Å². The summed E-state index contributed by atoms with van der Waals surface area (Å²) in [5.74, 6) is 6.63. The Hall–Kier alpha value is -0.520. The van der Waals surface area contributed by atoms with Gasteiger partial charge in [0.15, 0.2) is 0 Å². The minimum absolute atomic E-state index is 0.905. The van der Waals surface area contributed by atoms with Crippen molar-refractivity contribution in [1.29, 1.82) is 0 Å². The predicted octanol–water partition coefficient (Wildman–Crippen LogP) is 11.7. The summed E-state index contributed by atoms with van der Waals surface area (Å²) >= 11 is 0. The van der Waals surface area contributed by atoms with Crippen LogP contribution in [0.15, 0.2) is 22.3 Å². The molecule has 0 bridgehead atoms. The maximum Gasteiger partial charge on any atom is -0.00974 e. The van der Waals surface area contributed by atoms with Crippen LogP contribution < -0.4 is 0 Å². The van der Waals surface area contributed by atoms with Crippen LogP contribution >= 0.6 is 0 Å². The summed E-state index contributed by atoms with van der Waals surface area (Å²) in [6.45, 7) is 2.71. The summed E-state index contributed by atoms with van der Waals surface area (Å²) < 4.78 is 0. The third-order valence-corrected chi connectivity index (χ3v) is 12.7. The van der Waals surface area contributed by atoms with Crippen molar-refractivity contribution in [2.45, 2.75) is 167 Å². The maximum absolute atomic E-state index is 2.71. The number of hydrogen-bond acceptors (Lipinski definition) is 0. The summed E-state index contributed by atoms with van der Waals surface area (Å²) in [6.07, 6.45) is 38.0. The fraction of sp³-hybridized carbons (Fsp3) is 0.892. The molecule has 6 rings (SSSR count). The standard InChI is InChI=1S/C37H60/c1-27-33(28-17-7-2-8-18-28)35(30-21-11-4-12-22-30)37(32-25-15-6-16-26-32)36(31-23-13-5-14-24-31)34(27)29-19-9-3-10-20-29/h28-32,35,37H,2-26H2,1H3. The zero-order valence-electron chi connectivity index (χ0n) is 24.7. The lowest BCUT2D eigenvalue weighted by Gasteiger charge is -2.52. The molecule has 0 amide bonds. The lowest BCUT2D eigenvalue weighted by Crippen LogP contribution is -2.42. The average molecular weight is 505 g/mol. The molecule has 0 nitrogen and oxygen atoms in total. The Morgan fingerprint density at radius 3 is 1.11 bits per heavy atom. The topological polar surface area (TPSA) is 0 Å². The SMILES string of the molecule is CC1=C(C2CCCCC2)C(C2CCCCC2)C(C2CCCCC2)C(C2CCCCC2)=C1C1CCCCC1. The van der Waals surface area contributed by atoms with Crippen LogP contribution in [-0.2, 0) is 0 Å². The molecule has 5 fully saturated rings. The molecule has 0 aromatic carbocycles. The lowest BCUT2D eigenvalue weighted by atomic mass is 9.52. The minimum atomic E-state index is 0.905. The molecule has 6 aliphatic rings. The highest BCUT2D eigenvalue weighted by atomic mass is 14.5. The summed E-state index contributed by atoms with van der Waals surface area (Å²) in [7, 11) is 0. The molecule has 0 N–H and O–H groups in total. The third kappa shape index (κ3) is 5.71. The first-order valence-corrected chi connectivity index (χ1v) is 17.8. The van der Waals surface area contributed by atoms with Gasteiger partial charge in [0.25, 0.3) is 0 Å². The second-order valence-electron chi connectivity index (χ2n) is 14.8. The average Bonchev–Trinajstić information content (AvgIpc) is 2.98. The summed E-state index contributed by atoms with van der Waals surface area (Å²) in [4.78, 5) is 0. The van der Waals surface area contributed by atoms with E-state index in [4.69, 9.17) is 0 Å². The molecule has 0 aromatic rings. The van der Waals surface area contributed by atoms with E-state index in [1.54, 1.807) is 25.7 Å². The van der Waals surface area contributed by atoms with Gasteiger partial charge in [0.05, 0.1) is 0 Å². The molecule has 5 saturated carbocycles. The van der Waals surface area contributed by atoms with Gasteiger partial charge in [0, 0.05) is 0 Å². The smallest absolute Gasteiger partial charge is 0.00974 e. The largest absolute Gasteiger partial charge is 0.0599 e. The molecular formula is C37H60. The fourth-order valence-corrected chi connectivity index (χ4v) is 11.1. The Balaban J connectivity index is 1.52. The highest BCUT2D eigenvalue weighted by Gasteiger charge is 2.48. The molecule has 208 valence electrons. The fourth-order valence-electron chi connectivity index (χ4n) is 11.1. The van der Waals surface area contributed by atoms with E-state index >= 15 is 0 Å². The van der Waals surface area contributed by atoms with Gasteiger partial charge >= 0.3 is 0 Å². The molecular weight excluding hydrogens is 444 g/mol. The van der Waals surface area contributed by atoms with Crippen LogP contribution in [0, 0.1) is 41.4 Å². The monoisotopic (exact) mass is 504 g/mol. The Morgan fingerprint density at radius 2 is 0.676 bits per heavy atom. The van der Waals surface area contributed by atoms with Crippen LogP contribution in [0.5, 0.6) is 0 Å². The Labute approximate surface area is 230 Å². The second-order valence-corrected chi connectivity index (χ2v) is 14.8. The van der Waals surface area contributed by atoms with E-state index in [2.05, 4.69) is 18.1 Å². The van der Waals surface area contributed by atoms with Gasteiger partial charge in [0.2, 0.25) is 0 Å². The van der Waals surface area contributed by atoms with Crippen LogP contribution in [0.1, 0.15) is 167 Å². The first kappa shape index (κ1) is 26.7. The van der Waals surface area contributed by atoms with Crippen molar-refractivity contribution in [2.24, 2.45) is 41.4 Å². The van der Waals surface area contributed by atoms with E-state index in [0.717, 1.165) is 41.4 Å². The number of hydrogen-bond donors (Lipinski definition) is 0. The molecule has 37 heavy (non-hydrogen) atoms. The first-order valence-electron chi connectivity index (χ1n) is 17.8. The zero-order valence-corrected chi connectivity index (χ0v) is 24.7. The first-order chi connectivity index (χ1) is 18.3. The van der Waals surface area contributed by atoms with E-state index in [-0.39, 0.29) is 0 Å². The van der Waals surface area contributed by atoms with Gasteiger partial charge in [-0.25, -0.2) is 0 Å². The van der Waals surface area contributed by atoms with E-state index < -0.39 is 0 Å². The van der Waals surface area contributed by atoms with E-state index in [9.17, 15) is 0 Å². The van der Waals surface area contributed by atoms with Crippen molar-refractivity contribution in [3.05, 3.63) is 22.3 Å². The molecule has 0 heterocycles. The Bertz CT molecular complexity index is 782. The highest BCUT2D eigenvalue weighted by Crippen LogP contribution is 2.59. The summed E-state index contributed by atoms with van der Waals surface area (Å²) in [5.41, 5.74) is 8.20. The number of rotatable bonds is 5. The molecule has 2 unspecified atom stereocenters. The van der Waals surface area contributed by atoms with Gasteiger partial charge in [-0.15, -0.1) is 0 Å². The van der Waals surface area contributed by atoms with Gasteiger partial charge in [-0.2, -0.15) is 0 Å². The van der Waals surface area contributed by atoms with Crippen LogP contribution in [0.4, 0.5) is 0 Å². The number of allylic oxidation sites excluding steroid dienone is 4. The van der Waals surface area contributed by atoms with Gasteiger partial charge in [0.1, 0.15) is 0 Å². The van der Waals surface area contributed by atoms with Crippen molar-refractivity contribution in [3.8, 4) is 0 Å². The molecule has 0 radical (unpaired) electrons. The van der Waals surface area contributed by atoms with Gasteiger partial charge < -0.3 is 0 Å². The molecule has 6 aliphatic carbocycles. The normalized spacial score (nSPS) is 33.3.